The molecule has 0 radical (unpaired) electrons. The molecule has 1 rings (SSSR count). The molecule has 66 valence electrons. The maximum Gasteiger partial charge on any atom is 0.271 e. The van der Waals surface area contributed by atoms with Crippen molar-refractivity contribution in [3.05, 3.63) is 28.4 Å². The van der Waals surface area contributed by atoms with E-state index in [4.69, 9.17) is 0 Å². The van der Waals surface area contributed by atoms with E-state index in [1.165, 1.54) is 0 Å². The SMILES string of the molecule is Cc1nccn(CC(C)C)c1=O. The first kappa shape index (κ1) is 8.97. The van der Waals surface area contributed by atoms with Crippen molar-refractivity contribution in [2.24, 2.45) is 5.92 Å². The Labute approximate surface area is 72.1 Å². The maximum atomic E-state index is 11.4. The fourth-order valence-electron chi connectivity index (χ4n) is 1.09. The smallest absolute Gasteiger partial charge is 0.271 e. The van der Waals surface area contributed by atoms with Crippen LogP contribution in [-0.2, 0) is 6.54 Å². The third-order valence-electron chi connectivity index (χ3n) is 1.65. The lowest BCUT2D eigenvalue weighted by molar-refractivity contribution is 0.507. The molecule has 1 aromatic rings. The molecule has 0 atom stereocenters. The van der Waals surface area contributed by atoms with E-state index in [0.717, 1.165) is 6.54 Å². The number of hydrogen-bond acceptors (Lipinski definition) is 2. The standard InChI is InChI=1S/C9H14N2O/c1-7(2)6-11-5-4-10-8(3)9(11)12/h4-5,7H,6H2,1-3H3. The molecule has 0 aliphatic rings. The van der Waals surface area contributed by atoms with Crippen LogP contribution in [0.25, 0.3) is 0 Å². The fourth-order valence-corrected chi connectivity index (χ4v) is 1.09. The van der Waals surface area contributed by atoms with Crippen molar-refractivity contribution < 1.29 is 0 Å². The monoisotopic (exact) mass is 166 g/mol. The lowest BCUT2D eigenvalue weighted by atomic mass is 10.2. The fraction of sp³-hybridized carbons (Fsp3) is 0.556. The zero-order valence-electron chi connectivity index (χ0n) is 7.74. The Bertz CT molecular complexity index is 315. The van der Waals surface area contributed by atoms with E-state index >= 15 is 0 Å². The van der Waals surface area contributed by atoms with E-state index in [0.29, 0.717) is 11.6 Å². The van der Waals surface area contributed by atoms with Crippen molar-refractivity contribution in [2.75, 3.05) is 0 Å². The summed E-state index contributed by atoms with van der Waals surface area (Å²) in [6.45, 7) is 6.67. The number of nitrogens with zero attached hydrogens (tertiary/aromatic N) is 2. The second-order valence-corrected chi connectivity index (χ2v) is 3.36. The molecule has 0 unspecified atom stereocenters. The van der Waals surface area contributed by atoms with Crippen molar-refractivity contribution in [3.63, 3.8) is 0 Å². The number of rotatable bonds is 2. The minimum atomic E-state index is 0.0196. The molecule has 0 aromatic carbocycles. The van der Waals surface area contributed by atoms with Crippen LogP contribution < -0.4 is 5.56 Å². The summed E-state index contributed by atoms with van der Waals surface area (Å²) in [5.74, 6) is 0.490. The molecule has 0 bridgehead atoms. The third-order valence-corrected chi connectivity index (χ3v) is 1.65. The summed E-state index contributed by atoms with van der Waals surface area (Å²) in [5.41, 5.74) is 0.587. The summed E-state index contributed by atoms with van der Waals surface area (Å²) in [4.78, 5) is 15.3. The summed E-state index contributed by atoms with van der Waals surface area (Å²) < 4.78 is 1.70. The molecule has 3 heteroatoms. The quantitative estimate of drug-likeness (QED) is 0.661. The molecule has 0 aliphatic heterocycles. The number of aromatic nitrogens is 2. The van der Waals surface area contributed by atoms with E-state index in [1.807, 2.05) is 0 Å². The molecular weight excluding hydrogens is 152 g/mol. The summed E-state index contributed by atoms with van der Waals surface area (Å²) in [6, 6.07) is 0. The van der Waals surface area contributed by atoms with Crippen molar-refractivity contribution in [3.8, 4) is 0 Å². The van der Waals surface area contributed by atoms with Gasteiger partial charge in [-0.2, -0.15) is 0 Å². The highest BCUT2D eigenvalue weighted by Gasteiger charge is 2.00. The molecule has 1 aromatic heterocycles. The van der Waals surface area contributed by atoms with Gasteiger partial charge in [0.25, 0.3) is 5.56 Å². The van der Waals surface area contributed by atoms with Gasteiger partial charge in [-0.1, -0.05) is 13.8 Å². The van der Waals surface area contributed by atoms with Crippen LogP contribution in [0.5, 0.6) is 0 Å². The summed E-state index contributed by atoms with van der Waals surface area (Å²) in [7, 11) is 0. The Balaban J connectivity index is 3.01. The van der Waals surface area contributed by atoms with Gasteiger partial charge in [-0.25, -0.2) is 0 Å². The third kappa shape index (κ3) is 1.94. The highest BCUT2D eigenvalue weighted by molar-refractivity contribution is 4.94. The van der Waals surface area contributed by atoms with Crippen LogP contribution in [0, 0.1) is 12.8 Å². The van der Waals surface area contributed by atoms with Gasteiger partial charge >= 0.3 is 0 Å². The van der Waals surface area contributed by atoms with Crippen molar-refractivity contribution in [1.82, 2.24) is 9.55 Å². The molecular formula is C9H14N2O. The highest BCUT2D eigenvalue weighted by Crippen LogP contribution is 1.95. The van der Waals surface area contributed by atoms with Gasteiger partial charge in [-0.05, 0) is 12.8 Å². The first-order valence-corrected chi connectivity index (χ1v) is 4.13. The molecule has 0 fully saturated rings. The van der Waals surface area contributed by atoms with Gasteiger partial charge in [0.2, 0.25) is 0 Å². The Morgan fingerprint density at radius 3 is 2.83 bits per heavy atom. The molecule has 0 spiro atoms. The summed E-state index contributed by atoms with van der Waals surface area (Å²) in [6.07, 6.45) is 3.40. The molecule has 0 saturated carbocycles. The minimum absolute atomic E-state index is 0.0196. The van der Waals surface area contributed by atoms with E-state index in [1.54, 1.807) is 23.9 Å². The van der Waals surface area contributed by atoms with Crippen molar-refractivity contribution >= 4 is 0 Å². The molecule has 0 N–H and O–H groups in total. The first-order chi connectivity index (χ1) is 5.61. The van der Waals surface area contributed by atoms with Gasteiger partial charge < -0.3 is 4.57 Å². The van der Waals surface area contributed by atoms with E-state index < -0.39 is 0 Å². The van der Waals surface area contributed by atoms with Crippen LogP contribution in [0.3, 0.4) is 0 Å². The van der Waals surface area contributed by atoms with E-state index in [9.17, 15) is 4.79 Å². The van der Waals surface area contributed by atoms with E-state index in [-0.39, 0.29) is 5.56 Å². The van der Waals surface area contributed by atoms with Crippen LogP contribution in [-0.4, -0.2) is 9.55 Å². The van der Waals surface area contributed by atoms with E-state index in [2.05, 4.69) is 18.8 Å². The topological polar surface area (TPSA) is 34.9 Å². The Morgan fingerprint density at radius 1 is 1.58 bits per heavy atom. The van der Waals surface area contributed by atoms with Crippen LogP contribution >= 0.6 is 0 Å². The zero-order valence-corrected chi connectivity index (χ0v) is 7.74. The highest BCUT2D eigenvalue weighted by atomic mass is 16.1. The first-order valence-electron chi connectivity index (χ1n) is 4.13. The van der Waals surface area contributed by atoms with Gasteiger partial charge in [0.15, 0.2) is 0 Å². The van der Waals surface area contributed by atoms with Gasteiger partial charge in [0, 0.05) is 18.9 Å². The van der Waals surface area contributed by atoms with Crippen molar-refractivity contribution in [1.29, 1.82) is 0 Å². The molecule has 12 heavy (non-hydrogen) atoms. The van der Waals surface area contributed by atoms with Crippen LogP contribution in [0.1, 0.15) is 19.5 Å². The zero-order chi connectivity index (χ0) is 9.14. The summed E-state index contributed by atoms with van der Waals surface area (Å²) in [5, 5.41) is 0. The largest absolute Gasteiger partial charge is 0.312 e. The predicted molar refractivity (Wildman–Crippen MR) is 48.1 cm³/mol. The van der Waals surface area contributed by atoms with Crippen molar-refractivity contribution in [2.45, 2.75) is 27.3 Å². The van der Waals surface area contributed by atoms with Gasteiger partial charge in [0.05, 0.1) is 0 Å². The van der Waals surface area contributed by atoms with Gasteiger partial charge in [-0.15, -0.1) is 0 Å². The normalized spacial score (nSPS) is 10.7. The predicted octanol–water partition coefficient (Wildman–Crippen LogP) is 1.21. The lowest BCUT2D eigenvalue weighted by Gasteiger charge is -2.07. The van der Waals surface area contributed by atoms with Gasteiger partial charge in [0.1, 0.15) is 5.69 Å². The molecule has 3 nitrogen and oxygen atoms in total. The average molecular weight is 166 g/mol. The number of hydrogen-bond donors (Lipinski definition) is 0. The van der Waals surface area contributed by atoms with Crippen LogP contribution in [0.4, 0.5) is 0 Å². The molecule has 0 saturated heterocycles. The molecule has 0 amide bonds. The van der Waals surface area contributed by atoms with Crippen LogP contribution in [0.2, 0.25) is 0 Å². The van der Waals surface area contributed by atoms with Gasteiger partial charge in [-0.3, -0.25) is 9.78 Å². The summed E-state index contributed by atoms with van der Waals surface area (Å²) >= 11 is 0. The maximum absolute atomic E-state index is 11.4. The molecule has 0 aliphatic carbocycles. The molecule has 1 heterocycles. The average Bonchev–Trinajstić information content (AvgIpc) is 1.98. The van der Waals surface area contributed by atoms with Crippen LogP contribution in [0.15, 0.2) is 17.2 Å². The second-order valence-electron chi connectivity index (χ2n) is 3.36. The Hall–Kier alpha value is -1.12. The minimum Gasteiger partial charge on any atom is -0.312 e. The lowest BCUT2D eigenvalue weighted by Crippen LogP contribution is -2.24. The Kier molecular flexibility index (Phi) is 2.63. The number of aryl methyl sites for hydroxylation is 1. The second kappa shape index (κ2) is 3.52. The Morgan fingerprint density at radius 2 is 2.25 bits per heavy atom.